The number of rotatable bonds is 3. The van der Waals surface area contributed by atoms with Crippen molar-refractivity contribution >= 4 is 23.2 Å². The zero-order valence-corrected chi connectivity index (χ0v) is 16.4. The van der Waals surface area contributed by atoms with Crippen molar-refractivity contribution in [2.75, 3.05) is 37.7 Å². The second-order valence-electron chi connectivity index (χ2n) is 7.19. The first-order valence-corrected chi connectivity index (χ1v) is 9.65. The molecule has 156 valence electrons. The van der Waals surface area contributed by atoms with Crippen LogP contribution in [0.1, 0.15) is 15.9 Å². The Morgan fingerprint density at radius 3 is 2.60 bits per heavy atom. The molecule has 0 saturated carbocycles. The third-order valence-corrected chi connectivity index (χ3v) is 5.27. The number of amides is 2. The van der Waals surface area contributed by atoms with Crippen LogP contribution in [-0.2, 0) is 9.53 Å². The van der Waals surface area contributed by atoms with E-state index in [1.54, 1.807) is 48.2 Å². The Hall–Kier alpha value is -3.46. The average Bonchev–Trinajstić information content (AvgIpc) is 2.78. The first-order chi connectivity index (χ1) is 14.5. The van der Waals surface area contributed by atoms with E-state index in [4.69, 9.17) is 9.47 Å². The lowest BCUT2D eigenvalue weighted by atomic mass is 10.1. The molecule has 1 atom stereocenters. The number of benzene rings is 2. The van der Waals surface area contributed by atoms with Crippen LogP contribution in [0.5, 0.6) is 5.75 Å². The molecule has 0 aromatic heterocycles. The van der Waals surface area contributed by atoms with Gasteiger partial charge in [0.15, 0.2) is 6.10 Å². The number of morpholine rings is 1. The van der Waals surface area contributed by atoms with Crippen LogP contribution in [0.25, 0.3) is 0 Å². The van der Waals surface area contributed by atoms with E-state index in [0.29, 0.717) is 43.3 Å². The summed E-state index contributed by atoms with van der Waals surface area (Å²) in [5.41, 5.74) is 1.06. The molecular formula is C21H21N3O6. The lowest BCUT2D eigenvalue weighted by Gasteiger charge is -2.37. The fourth-order valence-corrected chi connectivity index (χ4v) is 3.64. The minimum Gasteiger partial charge on any atom is -0.476 e. The van der Waals surface area contributed by atoms with E-state index in [2.05, 4.69) is 0 Å². The Morgan fingerprint density at radius 1 is 1.13 bits per heavy atom. The van der Waals surface area contributed by atoms with Gasteiger partial charge < -0.3 is 19.3 Å². The van der Waals surface area contributed by atoms with Crippen molar-refractivity contribution in [2.45, 2.75) is 13.0 Å². The third-order valence-electron chi connectivity index (χ3n) is 5.27. The molecule has 2 aromatic rings. The molecule has 0 radical (unpaired) electrons. The van der Waals surface area contributed by atoms with E-state index in [-0.39, 0.29) is 23.7 Å². The number of nitro groups is 1. The summed E-state index contributed by atoms with van der Waals surface area (Å²) in [5, 5.41) is 11.3. The molecule has 0 bridgehead atoms. The summed E-state index contributed by atoms with van der Waals surface area (Å²) < 4.78 is 11.2. The van der Waals surface area contributed by atoms with Gasteiger partial charge in [-0.05, 0) is 25.1 Å². The molecular weight excluding hydrogens is 390 g/mol. The lowest BCUT2D eigenvalue weighted by Crippen LogP contribution is -2.54. The molecule has 1 saturated heterocycles. The van der Waals surface area contributed by atoms with Crippen LogP contribution in [0.3, 0.4) is 0 Å². The molecule has 2 aliphatic rings. The van der Waals surface area contributed by atoms with Gasteiger partial charge in [0.25, 0.3) is 17.5 Å². The standard InChI is InChI=1S/C21H21N3O6/c1-14-6-7-15(12-17(14)24(27)28)20(25)23-13-19(21(26)22-8-10-29-11-9-22)30-18-5-3-2-4-16(18)23/h2-7,12,19H,8-11,13H2,1H3. The summed E-state index contributed by atoms with van der Waals surface area (Å²) in [4.78, 5) is 40.2. The summed E-state index contributed by atoms with van der Waals surface area (Å²) in [7, 11) is 0. The molecule has 2 heterocycles. The molecule has 0 spiro atoms. The maximum atomic E-state index is 13.3. The van der Waals surface area contributed by atoms with Crippen molar-refractivity contribution in [1.82, 2.24) is 4.90 Å². The van der Waals surface area contributed by atoms with Gasteiger partial charge in [-0.1, -0.05) is 18.2 Å². The monoisotopic (exact) mass is 411 g/mol. The van der Waals surface area contributed by atoms with E-state index < -0.39 is 16.9 Å². The van der Waals surface area contributed by atoms with E-state index >= 15 is 0 Å². The van der Waals surface area contributed by atoms with Gasteiger partial charge in [0.05, 0.1) is 30.4 Å². The summed E-state index contributed by atoms with van der Waals surface area (Å²) in [5.74, 6) is -0.209. The van der Waals surface area contributed by atoms with Crippen molar-refractivity contribution in [3.05, 3.63) is 63.7 Å². The van der Waals surface area contributed by atoms with E-state index in [0.717, 1.165) is 0 Å². The molecule has 9 heteroatoms. The van der Waals surface area contributed by atoms with Crippen molar-refractivity contribution in [2.24, 2.45) is 0 Å². The van der Waals surface area contributed by atoms with Gasteiger partial charge in [-0.2, -0.15) is 0 Å². The topological polar surface area (TPSA) is 102 Å². The maximum Gasteiger partial charge on any atom is 0.273 e. The molecule has 2 amide bonds. The van der Waals surface area contributed by atoms with Gasteiger partial charge in [-0.25, -0.2) is 0 Å². The van der Waals surface area contributed by atoms with Gasteiger partial charge in [0.1, 0.15) is 5.75 Å². The Labute approximate surface area is 172 Å². The number of carbonyl (C=O) groups is 2. The first-order valence-electron chi connectivity index (χ1n) is 9.65. The van der Waals surface area contributed by atoms with Gasteiger partial charge in [-0.3, -0.25) is 19.7 Å². The second kappa shape index (κ2) is 8.11. The minimum absolute atomic E-state index is 0.0215. The molecule has 1 unspecified atom stereocenters. The predicted octanol–water partition coefficient (Wildman–Crippen LogP) is 2.17. The SMILES string of the molecule is Cc1ccc(C(=O)N2CC(C(=O)N3CCOCC3)Oc3ccccc32)cc1[N+](=O)[O-]. The summed E-state index contributed by atoms with van der Waals surface area (Å²) in [6.45, 7) is 3.51. The molecule has 0 N–H and O–H groups in total. The lowest BCUT2D eigenvalue weighted by molar-refractivity contribution is -0.385. The van der Waals surface area contributed by atoms with Crippen LogP contribution >= 0.6 is 0 Å². The number of para-hydroxylation sites is 2. The molecule has 1 fully saturated rings. The van der Waals surface area contributed by atoms with E-state index in [1.165, 1.54) is 11.0 Å². The highest BCUT2D eigenvalue weighted by molar-refractivity contribution is 6.08. The highest BCUT2D eigenvalue weighted by atomic mass is 16.6. The van der Waals surface area contributed by atoms with Crippen molar-refractivity contribution in [3.63, 3.8) is 0 Å². The van der Waals surface area contributed by atoms with Crippen LogP contribution in [0.4, 0.5) is 11.4 Å². The quantitative estimate of drug-likeness (QED) is 0.567. The molecule has 0 aliphatic carbocycles. The van der Waals surface area contributed by atoms with Gasteiger partial charge in [0, 0.05) is 30.3 Å². The van der Waals surface area contributed by atoms with Crippen LogP contribution in [0, 0.1) is 17.0 Å². The van der Waals surface area contributed by atoms with E-state index in [9.17, 15) is 19.7 Å². The summed E-state index contributed by atoms with van der Waals surface area (Å²) >= 11 is 0. The fraction of sp³-hybridized carbons (Fsp3) is 0.333. The average molecular weight is 411 g/mol. The van der Waals surface area contributed by atoms with Crippen LogP contribution in [-0.4, -0.2) is 60.6 Å². The number of nitrogens with zero attached hydrogens (tertiary/aromatic N) is 3. The molecule has 2 aliphatic heterocycles. The maximum absolute atomic E-state index is 13.3. The molecule has 2 aromatic carbocycles. The highest BCUT2D eigenvalue weighted by Crippen LogP contribution is 2.35. The number of ether oxygens (including phenoxy) is 2. The minimum atomic E-state index is -0.859. The number of hydrogen-bond acceptors (Lipinski definition) is 6. The first kappa shape index (κ1) is 19.8. The Kier molecular flexibility index (Phi) is 5.37. The largest absolute Gasteiger partial charge is 0.476 e. The number of fused-ring (bicyclic) bond motifs is 1. The summed E-state index contributed by atoms with van der Waals surface area (Å²) in [6.07, 6.45) is -0.859. The third kappa shape index (κ3) is 3.71. The number of aryl methyl sites for hydroxylation is 1. The number of anilines is 1. The second-order valence-corrected chi connectivity index (χ2v) is 7.19. The zero-order chi connectivity index (χ0) is 21.3. The van der Waals surface area contributed by atoms with Crippen LogP contribution < -0.4 is 9.64 Å². The van der Waals surface area contributed by atoms with Crippen LogP contribution in [0.15, 0.2) is 42.5 Å². The van der Waals surface area contributed by atoms with Gasteiger partial charge >= 0.3 is 0 Å². The van der Waals surface area contributed by atoms with Gasteiger partial charge in [0.2, 0.25) is 0 Å². The fourth-order valence-electron chi connectivity index (χ4n) is 3.64. The van der Waals surface area contributed by atoms with Crippen LogP contribution in [0.2, 0.25) is 0 Å². The Balaban J connectivity index is 1.66. The van der Waals surface area contributed by atoms with Crippen molar-refractivity contribution in [3.8, 4) is 5.75 Å². The molecule has 9 nitrogen and oxygen atoms in total. The van der Waals surface area contributed by atoms with Crippen molar-refractivity contribution in [1.29, 1.82) is 0 Å². The predicted molar refractivity (Wildman–Crippen MR) is 108 cm³/mol. The number of carbonyl (C=O) groups excluding carboxylic acids is 2. The van der Waals surface area contributed by atoms with E-state index in [1.807, 2.05) is 0 Å². The molecule has 4 rings (SSSR count). The van der Waals surface area contributed by atoms with Gasteiger partial charge in [-0.15, -0.1) is 0 Å². The number of hydrogen-bond donors (Lipinski definition) is 0. The molecule has 30 heavy (non-hydrogen) atoms. The number of nitro benzene ring substituents is 1. The normalized spacial score (nSPS) is 18.4. The Bertz CT molecular complexity index is 1000. The van der Waals surface area contributed by atoms with Crippen molar-refractivity contribution < 1.29 is 24.0 Å². The smallest absolute Gasteiger partial charge is 0.273 e. The summed E-state index contributed by atoms with van der Waals surface area (Å²) in [6, 6.07) is 11.3. The zero-order valence-electron chi connectivity index (χ0n) is 16.4. The highest BCUT2D eigenvalue weighted by Gasteiger charge is 2.37. The Morgan fingerprint density at radius 2 is 1.87 bits per heavy atom.